The number of hydrogen-bond acceptors (Lipinski definition) is 3. The SMILES string of the molecule is C=C(Cl)CNCC(O)c1ccsc1. The number of aliphatic hydroxyl groups excluding tert-OH is 1. The van der Waals surface area contributed by atoms with Crippen LogP contribution in [0.1, 0.15) is 11.7 Å². The molecule has 0 saturated heterocycles. The fraction of sp³-hybridized carbons (Fsp3) is 0.333. The largest absolute Gasteiger partial charge is 0.387 e. The molecule has 0 aliphatic carbocycles. The van der Waals surface area contributed by atoms with E-state index in [1.165, 1.54) is 0 Å². The summed E-state index contributed by atoms with van der Waals surface area (Å²) in [6.07, 6.45) is -0.456. The molecule has 1 rings (SSSR count). The van der Waals surface area contributed by atoms with Gasteiger partial charge in [-0.3, -0.25) is 0 Å². The topological polar surface area (TPSA) is 32.3 Å². The van der Waals surface area contributed by atoms with E-state index >= 15 is 0 Å². The van der Waals surface area contributed by atoms with Crippen LogP contribution in [0, 0.1) is 0 Å². The van der Waals surface area contributed by atoms with Crippen molar-refractivity contribution in [2.75, 3.05) is 13.1 Å². The van der Waals surface area contributed by atoms with Crippen molar-refractivity contribution in [3.8, 4) is 0 Å². The molecule has 0 fully saturated rings. The van der Waals surface area contributed by atoms with Gasteiger partial charge in [-0.05, 0) is 22.4 Å². The third kappa shape index (κ3) is 3.91. The molecule has 1 unspecified atom stereocenters. The smallest absolute Gasteiger partial charge is 0.0922 e. The molecule has 0 amide bonds. The average Bonchev–Trinajstić information content (AvgIpc) is 2.55. The maximum Gasteiger partial charge on any atom is 0.0922 e. The first kappa shape index (κ1) is 10.7. The van der Waals surface area contributed by atoms with Crippen LogP contribution in [0.2, 0.25) is 0 Å². The van der Waals surface area contributed by atoms with Crippen molar-refractivity contribution in [2.45, 2.75) is 6.10 Å². The summed E-state index contributed by atoms with van der Waals surface area (Å²) in [5, 5.41) is 17.0. The van der Waals surface area contributed by atoms with E-state index in [0.29, 0.717) is 18.1 Å². The molecule has 0 radical (unpaired) electrons. The van der Waals surface area contributed by atoms with Gasteiger partial charge in [0, 0.05) is 18.1 Å². The molecule has 0 bridgehead atoms. The molecule has 72 valence electrons. The van der Waals surface area contributed by atoms with Gasteiger partial charge in [0.2, 0.25) is 0 Å². The van der Waals surface area contributed by atoms with E-state index in [1.54, 1.807) is 11.3 Å². The van der Waals surface area contributed by atoms with Gasteiger partial charge in [-0.25, -0.2) is 0 Å². The summed E-state index contributed by atoms with van der Waals surface area (Å²) < 4.78 is 0. The molecule has 4 heteroatoms. The average molecular weight is 218 g/mol. The first-order chi connectivity index (χ1) is 6.20. The summed E-state index contributed by atoms with van der Waals surface area (Å²) in [7, 11) is 0. The normalized spacial score (nSPS) is 12.8. The zero-order valence-corrected chi connectivity index (χ0v) is 8.74. The second-order valence-electron chi connectivity index (χ2n) is 2.72. The Kier molecular flexibility index (Phi) is 4.45. The van der Waals surface area contributed by atoms with Crippen molar-refractivity contribution < 1.29 is 5.11 Å². The Balaban J connectivity index is 2.26. The van der Waals surface area contributed by atoms with Crippen molar-refractivity contribution in [1.82, 2.24) is 5.32 Å². The highest BCUT2D eigenvalue weighted by molar-refractivity contribution is 7.07. The number of thiophene rings is 1. The molecule has 0 aromatic carbocycles. The van der Waals surface area contributed by atoms with Crippen LogP contribution in [0.5, 0.6) is 0 Å². The first-order valence-electron chi connectivity index (χ1n) is 3.94. The van der Waals surface area contributed by atoms with Gasteiger partial charge in [0.05, 0.1) is 6.10 Å². The van der Waals surface area contributed by atoms with E-state index in [4.69, 9.17) is 11.6 Å². The maximum atomic E-state index is 9.59. The Labute approximate surface area is 86.9 Å². The minimum Gasteiger partial charge on any atom is -0.387 e. The molecular formula is C9H12ClNOS. The van der Waals surface area contributed by atoms with Gasteiger partial charge >= 0.3 is 0 Å². The maximum absolute atomic E-state index is 9.59. The Morgan fingerprint density at radius 1 is 1.77 bits per heavy atom. The van der Waals surface area contributed by atoms with Crippen molar-refractivity contribution in [3.05, 3.63) is 34.0 Å². The predicted molar refractivity (Wildman–Crippen MR) is 57.1 cm³/mol. The first-order valence-corrected chi connectivity index (χ1v) is 5.26. The molecular weight excluding hydrogens is 206 g/mol. The van der Waals surface area contributed by atoms with E-state index in [0.717, 1.165) is 5.56 Å². The molecule has 0 saturated carbocycles. The Bertz CT molecular complexity index is 261. The van der Waals surface area contributed by atoms with Gasteiger partial charge in [-0.2, -0.15) is 11.3 Å². The quantitative estimate of drug-likeness (QED) is 0.792. The van der Waals surface area contributed by atoms with Crippen molar-refractivity contribution in [1.29, 1.82) is 0 Å². The lowest BCUT2D eigenvalue weighted by Gasteiger charge is -2.09. The van der Waals surface area contributed by atoms with E-state index in [2.05, 4.69) is 11.9 Å². The second-order valence-corrected chi connectivity index (χ2v) is 4.04. The number of halogens is 1. The highest BCUT2D eigenvalue weighted by Crippen LogP contribution is 2.14. The summed E-state index contributed by atoms with van der Waals surface area (Å²) in [4.78, 5) is 0. The standard InChI is InChI=1S/C9H12ClNOS/c1-7(10)4-11-5-9(12)8-2-3-13-6-8/h2-3,6,9,11-12H,1,4-5H2. The Morgan fingerprint density at radius 3 is 3.08 bits per heavy atom. The Hall–Kier alpha value is -0.350. The molecule has 13 heavy (non-hydrogen) atoms. The molecule has 2 N–H and O–H groups in total. The summed E-state index contributed by atoms with van der Waals surface area (Å²) >= 11 is 7.13. The summed E-state index contributed by atoms with van der Waals surface area (Å²) in [6, 6.07) is 1.91. The van der Waals surface area contributed by atoms with Gasteiger partial charge in [-0.1, -0.05) is 18.2 Å². The van der Waals surface area contributed by atoms with Crippen LogP contribution in [0.25, 0.3) is 0 Å². The fourth-order valence-electron chi connectivity index (χ4n) is 0.927. The molecule has 1 aromatic heterocycles. The summed E-state index contributed by atoms with van der Waals surface area (Å²) in [5.41, 5.74) is 0.942. The summed E-state index contributed by atoms with van der Waals surface area (Å²) in [5.74, 6) is 0. The van der Waals surface area contributed by atoms with E-state index in [1.807, 2.05) is 16.8 Å². The van der Waals surface area contributed by atoms with Crippen LogP contribution < -0.4 is 5.32 Å². The zero-order chi connectivity index (χ0) is 9.68. The predicted octanol–water partition coefficient (Wildman–Crippen LogP) is 2.12. The molecule has 2 nitrogen and oxygen atoms in total. The van der Waals surface area contributed by atoms with Crippen LogP contribution >= 0.6 is 22.9 Å². The minimum atomic E-state index is -0.456. The lowest BCUT2D eigenvalue weighted by Crippen LogP contribution is -2.22. The second kappa shape index (κ2) is 5.40. The zero-order valence-electron chi connectivity index (χ0n) is 7.16. The van der Waals surface area contributed by atoms with Gasteiger partial charge < -0.3 is 10.4 Å². The van der Waals surface area contributed by atoms with Crippen LogP contribution in [-0.2, 0) is 0 Å². The van der Waals surface area contributed by atoms with Gasteiger partial charge in [0.1, 0.15) is 0 Å². The van der Waals surface area contributed by atoms with Gasteiger partial charge in [0.25, 0.3) is 0 Å². The number of aliphatic hydroxyl groups is 1. The van der Waals surface area contributed by atoms with Gasteiger partial charge in [-0.15, -0.1) is 0 Å². The highest BCUT2D eigenvalue weighted by Gasteiger charge is 2.06. The van der Waals surface area contributed by atoms with Crippen LogP contribution in [0.4, 0.5) is 0 Å². The van der Waals surface area contributed by atoms with Crippen LogP contribution in [-0.4, -0.2) is 18.2 Å². The van der Waals surface area contributed by atoms with Crippen molar-refractivity contribution in [3.63, 3.8) is 0 Å². The minimum absolute atomic E-state index is 0.456. The number of rotatable bonds is 5. The molecule has 0 spiro atoms. The van der Waals surface area contributed by atoms with Gasteiger partial charge in [0.15, 0.2) is 0 Å². The molecule has 1 aromatic rings. The van der Waals surface area contributed by atoms with Crippen LogP contribution in [0.15, 0.2) is 28.4 Å². The highest BCUT2D eigenvalue weighted by atomic mass is 35.5. The number of hydrogen-bond donors (Lipinski definition) is 2. The Morgan fingerprint density at radius 2 is 2.54 bits per heavy atom. The van der Waals surface area contributed by atoms with Crippen LogP contribution in [0.3, 0.4) is 0 Å². The molecule has 1 atom stereocenters. The van der Waals surface area contributed by atoms with E-state index in [-0.39, 0.29) is 0 Å². The number of nitrogens with one attached hydrogen (secondary N) is 1. The van der Waals surface area contributed by atoms with E-state index < -0.39 is 6.10 Å². The third-order valence-corrected chi connectivity index (χ3v) is 2.42. The lowest BCUT2D eigenvalue weighted by atomic mass is 10.2. The monoisotopic (exact) mass is 217 g/mol. The molecule has 0 aliphatic rings. The fourth-order valence-corrected chi connectivity index (χ4v) is 1.73. The van der Waals surface area contributed by atoms with Crippen molar-refractivity contribution >= 4 is 22.9 Å². The third-order valence-electron chi connectivity index (χ3n) is 1.58. The lowest BCUT2D eigenvalue weighted by molar-refractivity contribution is 0.176. The van der Waals surface area contributed by atoms with Crippen molar-refractivity contribution in [2.24, 2.45) is 0 Å². The summed E-state index contributed by atoms with van der Waals surface area (Å²) in [6.45, 7) is 4.57. The molecule has 0 aliphatic heterocycles. The molecule has 1 heterocycles. The van der Waals surface area contributed by atoms with E-state index in [9.17, 15) is 5.11 Å².